The van der Waals surface area contributed by atoms with Gasteiger partial charge in [0.15, 0.2) is 0 Å². The van der Waals surface area contributed by atoms with E-state index < -0.39 is 6.10 Å². The summed E-state index contributed by atoms with van der Waals surface area (Å²) in [6, 6.07) is 8.06. The summed E-state index contributed by atoms with van der Waals surface area (Å²) < 4.78 is 0. The number of rotatable bonds is 1. The molecule has 1 aliphatic rings. The lowest BCUT2D eigenvalue weighted by atomic mass is 9.91. The van der Waals surface area contributed by atoms with Crippen molar-refractivity contribution in [1.29, 1.82) is 0 Å². The van der Waals surface area contributed by atoms with E-state index in [1.807, 2.05) is 49.3 Å². The Hall–Kier alpha value is -1.12. The maximum atomic E-state index is 10.1. The molecule has 1 aliphatic carbocycles. The van der Waals surface area contributed by atoms with Crippen LogP contribution in [0.2, 0.25) is 0 Å². The molecule has 0 bridgehead atoms. The summed E-state index contributed by atoms with van der Waals surface area (Å²) in [5.74, 6) is 0. The molecule has 0 aromatic heterocycles. The van der Waals surface area contributed by atoms with Crippen molar-refractivity contribution in [3.8, 4) is 0 Å². The van der Waals surface area contributed by atoms with Gasteiger partial charge in [0, 0.05) is 0 Å². The van der Waals surface area contributed by atoms with Crippen molar-refractivity contribution < 1.29 is 5.11 Å². The summed E-state index contributed by atoms with van der Waals surface area (Å²) in [7, 11) is 3.96. The van der Waals surface area contributed by atoms with E-state index in [1.54, 1.807) is 0 Å². The molecule has 2 heteroatoms. The summed E-state index contributed by atoms with van der Waals surface area (Å²) in [6.45, 7) is 0. The van der Waals surface area contributed by atoms with E-state index in [0.29, 0.717) is 0 Å². The van der Waals surface area contributed by atoms with Crippen LogP contribution in [0.15, 0.2) is 30.3 Å². The lowest BCUT2D eigenvalue weighted by Crippen LogP contribution is -2.33. The van der Waals surface area contributed by atoms with Gasteiger partial charge in [-0.15, -0.1) is 0 Å². The van der Waals surface area contributed by atoms with Crippen LogP contribution in [0.5, 0.6) is 0 Å². The summed E-state index contributed by atoms with van der Waals surface area (Å²) >= 11 is 0. The Labute approximate surface area is 84.5 Å². The first-order valence-corrected chi connectivity index (χ1v) is 4.82. The van der Waals surface area contributed by atoms with Crippen molar-refractivity contribution in [3.05, 3.63) is 41.5 Å². The van der Waals surface area contributed by atoms with Gasteiger partial charge in [0.2, 0.25) is 0 Å². The van der Waals surface area contributed by atoms with E-state index in [2.05, 4.69) is 6.08 Å². The Morgan fingerprint density at radius 1 is 1.21 bits per heavy atom. The molecular formula is C12H15NO. The number of benzene rings is 1. The number of aliphatic hydroxyl groups excluding tert-OH is 1. The molecule has 1 N–H and O–H groups in total. The Balaban J connectivity index is 2.40. The quantitative estimate of drug-likeness (QED) is 0.726. The van der Waals surface area contributed by atoms with Crippen molar-refractivity contribution in [2.75, 3.05) is 14.1 Å². The van der Waals surface area contributed by atoms with Gasteiger partial charge in [-0.05, 0) is 25.2 Å². The zero-order valence-corrected chi connectivity index (χ0v) is 8.51. The predicted molar refractivity (Wildman–Crippen MR) is 57.9 cm³/mol. The lowest BCUT2D eigenvalue weighted by molar-refractivity contribution is 0.0993. The number of fused-ring (bicyclic) bond motifs is 1. The van der Waals surface area contributed by atoms with E-state index in [9.17, 15) is 5.11 Å². The molecule has 1 aromatic carbocycles. The molecule has 14 heavy (non-hydrogen) atoms. The third kappa shape index (κ3) is 1.47. The van der Waals surface area contributed by atoms with E-state index in [4.69, 9.17) is 0 Å². The van der Waals surface area contributed by atoms with Gasteiger partial charge in [-0.2, -0.15) is 0 Å². The number of likely N-dealkylation sites (N-methyl/N-ethyl adjacent to an activating group) is 1. The van der Waals surface area contributed by atoms with Crippen LogP contribution in [0, 0.1) is 0 Å². The number of hydrogen-bond acceptors (Lipinski definition) is 2. The van der Waals surface area contributed by atoms with E-state index >= 15 is 0 Å². The molecule has 0 fully saturated rings. The molecule has 0 unspecified atom stereocenters. The molecule has 0 aliphatic heterocycles. The van der Waals surface area contributed by atoms with Gasteiger partial charge >= 0.3 is 0 Å². The minimum atomic E-state index is -0.411. The first-order chi connectivity index (χ1) is 6.70. The SMILES string of the molecule is CN(C)[C@H]1C=Cc2ccccc2[C@H]1O. The standard InChI is InChI=1S/C12H15NO/c1-13(2)11-8-7-9-5-3-4-6-10(9)12(11)14/h3-8,11-12,14H,1-2H3/t11-,12+/m0/s1. The normalized spacial score (nSPS) is 25.1. The van der Waals surface area contributed by atoms with Gasteiger partial charge in [0.05, 0.1) is 12.1 Å². The van der Waals surface area contributed by atoms with Crippen LogP contribution in [0.4, 0.5) is 0 Å². The second-order valence-corrected chi connectivity index (χ2v) is 3.89. The van der Waals surface area contributed by atoms with Crippen molar-refractivity contribution in [3.63, 3.8) is 0 Å². The molecule has 2 nitrogen and oxygen atoms in total. The minimum absolute atomic E-state index is 0.0879. The fraction of sp³-hybridized carbons (Fsp3) is 0.333. The second kappa shape index (κ2) is 3.56. The average Bonchev–Trinajstić information content (AvgIpc) is 2.18. The van der Waals surface area contributed by atoms with Crippen molar-refractivity contribution >= 4 is 6.08 Å². The number of nitrogens with zero attached hydrogens (tertiary/aromatic N) is 1. The van der Waals surface area contributed by atoms with Crippen LogP contribution in [0.25, 0.3) is 6.08 Å². The molecule has 0 heterocycles. The molecule has 0 spiro atoms. The molecule has 0 radical (unpaired) electrons. The molecule has 1 aromatic rings. The Bertz CT molecular complexity index is 357. The molecule has 2 atom stereocenters. The second-order valence-electron chi connectivity index (χ2n) is 3.89. The predicted octanol–water partition coefficient (Wildman–Crippen LogP) is 1.68. The zero-order chi connectivity index (χ0) is 10.1. The van der Waals surface area contributed by atoms with Crippen LogP contribution in [0.1, 0.15) is 17.2 Å². The first-order valence-electron chi connectivity index (χ1n) is 4.82. The Morgan fingerprint density at radius 2 is 1.93 bits per heavy atom. The first kappa shape index (κ1) is 9.44. The van der Waals surface area contributed by atoms with Gasteiger partial charge in [0.1, 0.15) is 0 Å². The lowest BCUT2D eigenvalue weighted by Gasteiger charge is -2.30. The van der Waals surface area contributed by atoms with E-state index in [0.717, 1.165) is 11.1 Å². The molecule has 0 saturated carbocycles. The van der Waals surface area contributed by atoms with Crippen LogP contribution in [-0.2, 0) is 0 Å². The maximum absolute atomic E-state index is 10.1. The largest absolute Gasteiger partial charge is 0.386 e. The van der Waals surface area contributed by atoms with E-state index in [1.165, 1.54) is 0 Å². The highest BCUT2D eigenvalue weighted by Gasteiger charge is 2.24. The highest BCUT2D eigenvalue weighted by Crippen LogP contribution is 2.29. The van der Waals surface area contributed by atoms with Gasteiger partial charge in [-0.3, -0.25) is 0 Å². The molecule has 74 valence electrons. The van der Waals surface area contributed by atoms with Crippen LogP contribution >= 0.6 is 0 Å². The summed E-state index contributed by atoms with van der Waals surface area (Å²) in [5, 5.41) is 10.1. The number of aliphatic hydroxyl groups is 1. The fourth-order valence-corrected chi connectivity index (χ4v) is 1.88. The summed E-state index contributed by atoms with van der Waals surface area (Å²) in [6.07, 6.45) is 3.71. The topological polar surface area (TPSA) is 23.5 Å². The molecule has 2 rings (SSSR count). The third-order valence-electron chi connectivity index (χ3n) is 2.71. The highest BCUT2D eigenvalue weighted by molar-refractivity contribution is 5.58. The average molecular weight is 189 g/mol. The Morgan fingerprint density at radius 3 is 2.64 bits per heavy atom. The third-order valence-corrected chi connectivity index (χ3v) is 2.71. The van der Waals surface area contributed by atoms with Crippen molar-refractivity contribution in [1.82, 2.24) is 4.90 Å². The van der Waals surface area contributed by atoms with Gasteiger partial charge < -0.3 is 10.0 Å². The zero-order valence-electron chi connectivity index (χ0n) is 8.51. The molecular weight excluding hydrogens is 174 g/mol. The van der Waals surface area contributed by atoms with Crippen LogP contribution in [0.3, 0.4) is 0 Å². The van der Waals surface area contributed by atoms with Gasteiger partial charge in [-0.1, -0.05) is 36.4 Å². The smallest absolute Gasteiger partial charge is 0.0986 e. The fourth-order valence-electron chi connectivity index (χ4n) is 1.88. The van der Waals surface area contributed by atoms with Gasteiger partial charge in [-0.25, -0.2) is 0 Å². The maximum Gasteiger partial charge on any atom is 0.0986 e. The van der Waals surface area contributed by atoms with Crippen LogP contribution in [-0.4, -0.2) is 30.1 Å². The number of hydrogen-bond donors (Lipinski definition) is 1. The monoisotopic (exact) mass is 189 g/mol. The molecule has 0 saturated heterocycles. The Kier molecular flexibility index (Phi) is 2.40. The van der Waals surface area contributed by atoms with Crippen LogP contribution < -0.4 is 0 Å². The van der Waals surface area contributed by atoms with Gasteiger partial charge in [0.25, 0.3) is 0 Å². The van der Waals surface area contributed by atoms with Crippen molar-refractivity contribution in [2.45, 2.75) is 12.1 Å². The molecule has 0 amide bonds. The highest BCUT2D eigenvalue weighted by atomic mass is 16.3. The minimum Gasteiger partial charge on any atom is -0.386 e. The summed E-state index contributed by atoms with van der Waals surface area (Å²) in [5.41, 5.74) is 2.15. The van der Waals surface area contributed by atoms with E-state index in [-0.39, 0.29) is 6.04 Å². The van der Waals surface area contributed by atoms with Crippen molar-refractivity contribution in [2.24, 2.45) is 0 Å². The summed E-state index contributed by atoms with van der Waals surface area (Å²) in [4.78, 5) is 2.02.